The first-order valence-electron chi connectivity index (χ1n) is 9.59. The minimum Gasteiger partial charge on any atom is -0.377 e. The first-order valence-corrected chi connectivity index (χ1v) is 9.59. The lowest BCUT2D eigenvalue weighted by atomic mass is 9.95. The topological polar surface area (TPSA) is 41.5 Å². The average Bonchev–Trinajstić information content (AvgIpc) is 2.95. The van der Waals surface area contributed by atoms with Crippen LogP contribution in [-0.4, -0.2) is 52.6 Å². The Balaban J connectivity index is 1.40. The summed E-state index contributed by atoms with van der Waals surface area (Å²) in [5, 5.41) is 0. The molecule has 1 aromatic heterocycles. The van der Waals surface area contributed by atoms with E-state index in [0.717, 1.165) is 31.4 Å². The van der Waals surface area contributed by atoms with Gasteiger partial charge in [0.05, 0.1) is 0 Å². The van der Waals surface area contributed by atoms with Gasteiger partial charge in [0.1, 0.15) is 6.61 Å². The lowest BCUT2D eigenvalue weighted by Crippen LogP contribution is -2.43. The first-order chi connectivity index (χ1) is 12.8. The van der Waals surface area contributed by atoms with Crippen LogP contribution in [0.1, 0.15) is 29.8 Å². The Hall–Kier alpha value is -1.82. The van der Waals surface area contributed by atoms with E-state index in [1.165, 1.54) is 37.1 Å². The number of aromatic nitrogens is 2. The van der Waals surface area contributed by atoms with Crippen LogP contribution in [-0.2, 0) is 24.4 Å². The summed E-state index contributed by atoms with van der Waals surface area (Å²) >= 11 is 0. The highest BCUT2D eigenvalue weighted by Gasteiger charge is 2.34. The molecule has 2 bridgehead atoms. The van der Waals surface area contributed by atoms with Crippen molar-refractivity contribution in [2.45, 2.75) is 38.6 Å². The Morgan fingerprint density at radius 2 is 1.77 bits per heavy atom. The van der Waals surface area contributed by atoms with E-state index in [4.69, 9.17) is 4.74 Å². The van der Waals surface area contributed by atoms with Crippen LogP contribution in [0.15, 0.2) is 42.7 Å². The van der Waals surface area contributed by atoms with Crippen molar-refractivity contribution in [2.75, 3.05) is 26.7 Å². The molecule has 1 aromatic carbocycles. The van der Waals surface area contributed by atoms with Gasteiger partial charge < -0.3 is 4.74 Å². The maximum absolute atomic E-state index is 5.09. The molecule has 26 heavy (non-hydrogen) atoms. The molecule has 3 fully saturated rings. The molecular weight excluding hydrogens is 324 g/mol. The zero-order valence-electron chi connectivity index (χ0n) is 15.6. The van der Waals surface area contributed by atoms with Crippen LogP contribution in [0.2, 0.25) is 0 Å². The SMILES string of the molecule is COCc1ncc(CN2C[C@H]3CC[C@@H]2CN(Cc2ccccc2)C3)cn1. The van der Waals surface area contributed by atoms with Crippen molar-refractivity contribution in [1.82, 2.24) is 19.8 Å². The molecule has 2 atom stereocenters. The lowest BCUT2D eigenvalue weighted by molar-refractivity contribution is 0.122. The first kappa shape index (κ1) is 17.6. The Labute approximate surface area is 156 Å². The third kappa shape index (κ3) is 4.29. The normalized spacial score (nSPS) is 23.9. The van der Waals surface area contributed by atoms with Gasteiger partial charge in [-0.2, -0.15) is 0 Å². The van der Waals surface area contributed by atoms with Gasteiger partial charge in [-0.05, 0) is 24.3 Å². The minimum atomic E-state index is 0.475. The van der Waals surface area contributed by atoms with Gasteiger partial charge in [0, 0.05) is 63.8 Å². The largest absolute Gasteiger partial charge is 0.377 e. The third-order valence-electron chi connectivity index (χ3n) is 5.57. The maximum Gasteiger partial charge on any atom is 0.153 e. The van der Waals surface area contributed by atoms with Crippen molar-refractivity contribution in [1.29, 1.82) is 0 Å². The molecule has 4 heterocycles. The summed E-state index contributed by atoms with van der Waals surface area (Å²) in [6.45, 7) is 6.06. The molecule has 5 rings (SSSR count). The van der Waals surface area contributed by atoms with Crippen LogP contribution in [0.4, 0.5) is 0 Å². The summed E-state index contributed by atoms with van der Waals surface area (Å²) < 4.78 is 5.09. The molecule has 3 saturated heterocycles. The molecule has 0 amide bonds. The van der Waals surface area contributed by atoms with Crippen molar-refractivity contribution in [2.24, 2.45) is 5.92 Å². The summed E-state index contributed by atoms with van der Waals surface area (Å²) in [5.41, 5.74) is 2.62. The van der Waals surface area contributed by atoms with Crippen LogP contribution in [0, 0.1) is 5.92 Å². The highest BCUT2D eigenvalue weighted by molar-refractivity contribution is 5.15. The molecule has 0 N–H and O–H groups in total. The van der Waals surface area contributed by atoms with E-state index in [9.17, 15) is 0 Å². The van der Waals surface area contributed by atoms with E-state index in [2.05, 4.69) is 50.1 Å². The molecule has 0 saturated carbocycles. The van der Waals surface area contributed by atoms with Gasteiger partial charge in [-0.1, -0.05) is 30.3 Å². The lowest BCUT2D eigenvalue weighted by Gasteiger charge is -2.36. The Morgan fingerprint density at radius 1 is 0.962 bits per heavy atom. The number of nitrogens with zero attached hydrogens (tertiary/aromatic N) is 4. The smallest absolute Gasteiger partial charge is 0.153 e. The van der Waals surface area contributed by atoms with Crippen LogP contribution in [0.5, 0.6) is 0 Å². The Kier molecular flexibility index (Phi) is 5.58. The number of hydrogen-bond donors (Lipinski definition) is 0. The molecule has 2 aromatic rings. The predicted molar refractivity (Wildman–Crippen MR) is 101 cm³/mol. The number of fused-ring (bicyclic) bond motifs is 4. The van der Waals surface area contributed by atoms with E-state index >= 15 is 0 Å². The van der Waals surface area contributed by atoms with Gasteiger partial charge in [0.15, 0.2) is 5.82 Å². The third-order valence-corrected chi connectivity index (χ3v) is 5.57. The molecule has 5 nitrogen and oxygen atoms in total. The van der Waals surface area contributed by atoms with Crippen molar-refractivity contribution in [3.63, 3.8) is 0 Å². The second kappa shape index (κ2) is 8.25. The highest BCUT2D eigenvalue weighted by atomic mass is 16.5. The fourth-order valence-electron chi connectivity index (χ4n) is 4.34. The molecule has 0 aliphatic carbocycles. The van der Waals surface area contributed by atoms with Crippen molar-refractivity contribution in [3.8, 4) is 0 Å². The Bertz CT molecular complexity index is 691. The number of benzene rings is 1. The molecule has 138 valence electrons. The highest BCUT2D eigenvalue weighted by Crippen LogP contribution is 2.29. The number of methoxy groups -OCH3 is 1. The quantitative estimate of drug-likeness (QED) is 0.800. The van der Waals surface area contributed by atoms with E-state index in [1.807, 2.05) is 12.4 Å². The molecule has 3 aliphatic heterocycles. The number of piperidine rings is 1. The van der Waals surface area contributed by atoms with Crippen LogP contribution < -0.4 is 0 Å². The molecular formula is C21H28N4O. The zero-order valence-corrected chi connectivity index (χ0v) is 15.6. The molecule has 3 aliphatic rings. The summed E-state index contributed by atoms with van der Waals surface area (Å²) in [5.74, 6) is 1.52. The summed E-state index contributed by atoms with van der Waals surface area (Å²) in [6.07, 6.45) is 6.58. The predicted octanol–water partition coefficient (Wildman–Crippen LogP) is 2.72. The summed E-state index contributed by atoms with van der Waals surface area (Å²) in [7, 11) is 1.67. The van der Waals surface area contributed by atoms with Gasteiger partial charge in [0.2, 0.25) is 0 Å². The molecule has 0 spiro atoms. The minimum absolute atomic E-state index is 0.475. The average molecular weight is 352 g/mol. The van der Waals surface area contributed by atoms with E-state index in [-0.39, 0.29) is 0 Å². The monoisotopic (exact) mass is 352 g/mol. The van der Waals surface area contributed by atoms with Crippen LogP contribution >= 0.6 is 0 Å². The number of hydrogen-bond acceptors (Lipinski definition) is 5. The molecule has 5 heteroatoms. The van der Waals surface area contributed by atoms with Crippen molar-refractivity contribution in [3.05, 3.63) is 59.7 Å². The van der Waals surface area contributed by atoms with Gasteiger partial charge in [-0.25, -0.2) is 9.97 Å². The standard InChI is InChI=1S/C21H28N4O/c1-26-16-21-22-9-19(10-23-21)14-25-13-18-7-8-20(25)15-24(12-18)11-17-5-3-2-4-6-17/h2-6,9-10,18,20H,7-8,11-16H2,1H3/t18-,20+/m0/s1. The fourth-order valence-corrected chi connectivity index (χ4v) is 4.34. The van der Waals surface area contributed by atoms with E-state index < -0.39 is 0 Å². The second-order valence-electron chi connectivity index (χ2n) is 7.65. The van der Waals surface area contributed by atoms with E-state index in [0.29, 0.717) is 12.6 Å². The summed E-state index contributed by atoms with van der Waals surface area (Å²) in [4.78, 5) is 14.1. The zero-order chi connectivity index (χ0) is 17.8. The number of rotatable bonds is 6. The van der Waals surface area contributed by atoms with Crippen molar-refractivity contribution >= 4 is 0 Å². The van der Waals surface area contributed by atoms with Crippen LogP contribution in [0.3, 0.4) is 0 Å². The fraction of sp³-hybridized carbons (Fsp3) is 0.524. The van der Waals surface area contributed by atoms with Crippen molar-refractivity contribution < 1.29 is 4.74 Å². The van der Waals surface area contributed by atoms with Gasteiger partial charge >= 0.3 is 0 Å². The van der Waals surface area contributed by atoms with Gasteiger partial charge in [-0.15, -0.1) is 0 Å². The van der Waals surface area contributed by atoms with Crippen LogP contribution in [0.25, 0.3) is 0 Å². The Morgan fingerprint density at radius 3 is 2.54 bits per heavy atom. The van der Waals surface area contributed by atoms with E-state index in [1.54, 1.807) is 7.11 Å². The van der Waals surface area contributed by atoms with Gasteiger partial charge in [0.25, 0.3) is 0 Å². The summed E-state index contributed by atoms with van der Waals surface area (Å²) in [6, 6.07) is 11.5. The number of ether oxygens (including phenoxy) is 1. The van der Waals surface area contributed by atoms with Gasteiger partial charge in [-0.3, -0.25) is 9.80 Å². The second-order valence-corrected chi connectivity index (χ2v) is 7.65. The maximum atomic E-state index is 5.09. The molecule has 0 unspecified atom stereocenters. The molecule has 0 radical (unpaired) electrons.